The number of primary amides is 1. The molecule has 0 spiro atoms. The third-order valence-corrected chi connectivity index (χ3v) is 3.20. The number of hydrogen-bond acceptors (Lipinski definition) is 3. The number of fused-ring (bicyclic) bond motifs is 1. The normalized spacial score (nSPS) is 11.9. The third-order valence-electron chi connectivity index (χ3n) is 2.70. The van der Waals surface area contributed by atoms with Crippen molar-refractivity contribution in [1.29, 1.82) is 0 Å². The number of halogens is 1. The molecule has 20 heavy (non-hydrogen) atoms. The van der Waals surface area contributed by atoms with Crippen molar-refractivity contribution in [3.63, 3.8) is 0 Å². The summed E-state index contributed by atoms with van der Waals surface area (Å²) in [7, 11) is 0. The number of carbonyl (C=O) groups is 2. The molecule has 1 atom stereocenters. The maximum atomic E-state index is 11.5. The van der Waals surface area contributed by atoms with Gasteiger partial charge >= 0.3 is 6.03 Å². The molecule has 0 saturated carbocycles. The minimum atomic E-state index is -0.895. The van der Waals surface area contributed by atoms with E-state index in [1.807, 2.05) is 35.6 Å². The number of nitrogens with one attached hydrogen (secondary N) is 1. The summed E-state index contributed by atoms with van der Waals surface area (Å²) in [6, 6.07) is 10.5. The van der Waals surface area contributed by atoms with Crippen LogP contribution in [0.4, 0.5) is 4.79 Å². The average Bonchev–Trinajstić information content (AvgIpc) is 2.38. The first kappa shape index (κ1) is 14.3. The highest BCUT2D eigenvalue weighted by molar-refractivity contribution is 9.10. The third kappa shape index (κ3) is 3.48. The molecule has 0 aliphatic carbocycles. The number of urea groups is 1. The minimum Gasteiger partial charge on any atom is -0.481 e. The predicted octanol–water partition coefficient (Wildman–Crippen LogP) is 2.56. The van der Waals surface area contributed by atoms with Gasteiger partial charge in [-0.05, 0) is 42.0 Å². The Morgan fingerprint density at radius 3 is 2.55 bits per heavy atom. The van der Waals surface area contributed by atoms with E-state index < -0.39 is 18.0 Å². The molecule has 1 unspecified atom stereocenters. The van der Waals surface area contributed by atoms with Crippen LogP contribution in [0.25, 0.3) is 10.8 Å². The number of amides is 3. The zero-order valence-corrected chi connectivity index (χ0v) is 12.3. The molecule has 5 nitrogen and oxygen atoms in total. The SMILES string of the molecule is CC(Oc1ccc2cc(Br)ccc2c1)C(=O)NC(N)=O. The molecule has 6 heteroatoms. The lowest BCUT2D eigenvalue weighted by molar-refractivity contribution is -0.126. The first-order valence-corrected chi connectivity index (χ1v) is 6.71. The van der Waals surface area contributed by atoms with Crippen LogP contribution < -0.4 is 15.8 Å². The Morgan fingerprint density at radius 2 is 1.85 bits per heavy atom. The second-order valence-corrected chi connectivity index (χ2v) is 5.18. The number of rotatable bonds is 3. The van der Waals surface area contributed by atoms with Crippen molar-refractivity contribution in [2.45, 2.75) is 13.0 Å². The van der Waals surface area contributed by atoms with Gasteiger partial charge in [-0.3, -0.25) is 10.1 Å². The topological polar surface area (TPSA) is 81.4 Å². The molecule has 0 radical (unpaired) electrons. The van der Waals surface area contributed by atoms with Crippen molar-refractivity contribution in [3.05, 3.63) is 40.9 Å². The monoisotopic (exact) mass is 336 g/mol. The molecule has 0 fully saturated rings. The summed E-state index contributed by atoms with van der Waals surface area (Å²) in [6.07, 6.45) is -0.810. The number of carbonyl (C=O) groups excluding carboxylic acids is 2. The zero-order chi connectivity index (χ0) is 14.7. The molecular weight excluding hydrogens is 324 g/mol. The molecule has 0 aliphatic heterocycles. The number of imide groups is 1. The van der Waals surface area contributed by atoms with Gasteiger partial charge in [0, 0.05) is 4.47 Å². The van der Waals surface area contributed by atoms with Gasteiger partial charge in [-0.25, -0.2) is 4.79 Å². The number of nitrogens with two attached hydrogens (primary N) is 1. The van der Waals surface area contributed by atoms with E-state index in [0.717, 1.165) is 15.2 Å². The van der Waals surface area contributed by atoms with E-state index in [1.165, 1.54) is 0 Å². The van der Waals surface area contributed by atoms with Gasteiger partial charge in [0.05, 0.1) is 0 Å². The predicted molar refractivity (Wildman–Crippen MR) is 79.5 cm³/mol. The van der Waals surface area contributed by atoms with Gasteiger partial charge in [0.2, 0.25) is 0 Å². The molecule has 104 valence electrons. The zero-order valence-electron chi connectivity index (χ0n) is 10.7. The van der Waals surface area contributed by atoms with E-state index in [2.05, 4.69) is 15.9 Å². The molecule has 0 aromatic heterocycles. The highest BCUT2D eigenvalue weighted by Crippen LogP contribution is 2.24. The highest BCUT2D eigenvalue weighted by Gasteiger charge is 2.16. The number of ether oxygens (including phenoxy) is 1. The summed E-state index contributed by atoms with van der Waals surface area (Å²) >= 11 is 3.41. The van der Waals surface area contributed by atoms with Crippen LogP contribution in [-0.4, -0.2) is 18.0 Å². The van der Waals surface area contributed by atoms with Crippen LogP contribution in [0.3, 0.4) is 0 Å². The fraction of sp³-hybridized carbons (Fsp3) is 0.143. The van der Waals surface area contributed by atoms with Crippen LogP contribution in [-0.2, 0) is 4.79 Å². The molecule has 2 aromatic carbocycles. The van der Waals surface area contributed by atoms with Gasteiger partial charge in [0.25, 0.3) is 5.91 Å². The Bertz CT molecular complexity index is 673. The molecule has 3 N–H and O–H groups in total. The standard InChI is InChI=1S/C14H13BrN2O3/c1-8(13(18)17-14(16)19)20-12-5-3-9-6-11(15)4-2-10(9)7-12/h2-8H,1H3,(H3,16,17,18,19). The fourth-order valence-electron chi connectivity index (χ4n) is 1.75. The van der Waals surface area contributed by atoms with Crippen molar-refractivity contribution >= 4 is 38.6 Å². The molecule has 2 rings (SSSR count). The van der Waals surface area contributed by atoms with Crippen LogP contribution in [0.15, 0.2) is 40.9 Å². The van der Waals surface area contributed by atoms with Gasteiger partial charge in [-0.1, -0.05) is 28.1 Å². The molecule has 2 aromatic rings. The quantitative estimate of drug-likeness (QED) is 0.903. The fourth-order valence-corrected chi connectivity index (χ4v) is 2.13. The Balaban J connectivity index is 2.15. The molecule has 3 amide bonds. The second kappa shape index (κ2) is 5.92. The Hall–Kier alpha value is -2.08. The van der Waals surface area contributed by atoms with Gasteiger partial charge in [0.1, 0.15) is 5.75 Å². The summed E-state index contributed by atoms with van der Waals surface area (Å²) in [5, 5.41) is 4.03. The van der Waals surface area contributed by atoms with E-state index >= 15 is 0 Å². The average molecular weight is 337 g/mol. The summed E-state index contributed by atoms with van der Waals surface area (Å²) in [6.45, 7) is 1.55. The first-order valence-electron chi connectivity index (χ1n) is 5.92. The lowest BCUT2D eigenvalue weighted by Crippen LogP contribution is -2.42. The van der Waals surface area contributed by atoms with Crippen LogP contribution in [0.2, 0.25) is 0 Å². The smallest absolute Gasteiger partial charge is 0.318 e. The molecule has 0 bridgehead atoms. The van der Waals surface area contributed by atoms with Gasteiger partial charge in [0.15, 0.2) is 6.10 Å². The minimum absolute atomic E-state index is 0.548. The van der Waals surface area contributed by atoms with Crippen LogP contribution >= 0.6 is 15.9 Å². The maximum Gasteiger partial charge on any atom is 0.318 e. The van der Waals surface area contributed by atoms with E-state index in [1.54, 1.807) is 13.0 Å². The Kier molecular flexibility index (Phi) is 4.24. The lowest BCUT2D eigenvalue weighted by atomic mass is 10.1. The van der Waals surface area contributed by atoms with Crippen molar-refractivity contribution in [2.75, 3.05) is 0 Å². The first-order chi connectivity index (χ1) is 9.45. The largest absolute Gasteiger partial charge is 0.481 e. The Morgan fingerprint density at radius 1 is 1.20 bits per heavy atom. The van der Waals surface area contributed by atoms with E-state index in [-0.39, 0.29) is 0 Å². The number of benzene rings is 2. The van der Waals surface area contributed by atoms with Gasteiger partial charge in [-0.15, -0.1) is 0 Å². The van der Waals surface area contributed by atoms with Crippen LogP contribution in [0, 0.1) is 0 Å². The molecule has 0 aliphatic rings. The van der Waals surface area contributed by atoms with Crippen LogP contribution in [0.5, 0.6) is 5.75 Å². The summed E-state index contributed by atoms with van der Waals surface area (Å²) in [5.74, 6) is -0.0275. The van der Waals surface area contributed by atoms with Gasteiger partial charge in [-0.2, -0.15) is 0 Å². The lowest BCUT2D eigenvalue weighted by Gasteiger charge is -2.13. The maximum absolute atomic E-state index is 11.5. The van der Waals surface area contributed by atoms with Crippen molar-refractivity contribution in [2.24, 2.45) is 5.73 Å². The van der Waals surface area contributed by atoms with Crippen molar-refractivity contribution < 1.29 is 14.3 Å². The second-order valence-electron chi connectivity index (χ2n) is 4.27. The highest BCUT2D eigenvalue weighted by atomic mass is 79.9. The van der Waals surface area contributed by atoms with E-state index in [9.17, 15) is 9.59 Å². The van der Waals surface area contributed by atoms with E-state index in [0.29, 0.717) is 5.75 Å². The Labute approximate surface area is 124 Å². The molecule has 0 saturated heterocycles. The van der Waals surface area contributed by atoms with E-state index in [4.69, 9.17) is 10.5 Å². The van der Waals surface area contributed by atoms with Crippen LogP contribution in [0.1, 0.15) is 6.92 Å². The van der Waals surface area contributed by atoms with Gasteiger partial charge < -0.3 is 10.5 Å². The summed E-state index contributed by atoms with van der Waals surface area (Å²) in [5.41, 5.74) is 4.88. The number of hydrogen-bond donors (Lipinski definition) is 2. The molecular formula is C14H13BrN2O3. The van der Waals surface area contributed by atoms with Crippen molar-refractivity contribution in [1.82, 2.24) is 5.32 Å². The summed E-state index contributed by atoms with van der Waals surface area (Å²) in [4.78, 5) is 22.1. The molecule has 0 heterocycles. The van der Waals surface area contributed by atoms with Crippen molar-refractivity contribution in [3.8, 4) is 5.75 Å². The summed E-state index contributed by atoms with van der Waals surface area (Å²) < 4.78 is 6.48.